The van der Waals surface area contributed by atoms with Crippen LogP contribution in [-0.2, 0) is 29.9 Å². The molecule has 0 aliphatic carbocycles. The highest BCUT2D eigenvalue weighted by molar-refractivity contribution is 7.89. The zero-order chi connectivity index (χ0) is 29.7. The summed E-state index contributed by atoms with van der Waals surface area (Å²) in [6.07, 6.45) is 0.176. The monoisotopic (exact) mass is 664 g/mol. The Morgan fingerprint density at radius 3 is 2.24 bits per heavy atom. The molecular formula is C28H20Cl4N4O5S. The maximum atomic E-state index is 14.3. The Morgan fingerprint density at radius 2 is 1.55 bits per heavy atom. The highest BCUT2D eigenvalue weighted by Gasteiger charge is 2.75. The molecule has 0 bridgehead atoms. The number of hydrogen-bond acceptors (Lipinski definition) is 6. The van der Waals surface area contributed by atoms with Crippen molar-refractivity contribution in [2.75, 3.05) is 16.8 Å². The van der Waals surface area contributed by atoms with Gasteiger partial charge in [0.2, 0.25) is 21.8 Å². The third-order valence-corrected chi connectivity index (χ3v) is 11.0. The predicted octanol–water partition coefficient (Wildman–Crippen LogP) is 4.69. The van der Waals surface area contributed by atoms with Gasteiger partial charge < -0.3 is 5.32 Å². The summed E-state index contributed by atoms with van der Waals surface area (Å²) in [4.78, 5) is 45.4. The first-order chi connectivity index (χ1) is 19.9. The molecule has 0 saturated carbocycles. The molecule has 0 aromatic heterocycles. The third kappa shape index (κ3) is 3.90. The van der Waals surface area contributed by atoms with Crippen LogP contribution in [0.3, 0.4) is 0 Å². The summed E-state index contributed by atoms with van der Waals surface area (Å²) in [5, 5.41) is 3.69. The highest BCUT2D eigenvalue weighted by Crippen LogP contribution is 2.62. The molecule has 3 fully saturated rings. The van der Waals surface area contributed by atoms with Crippen LogP contribution in [0.1, 0.15) is 12.0 Å². The van der Waals surface area contributed by atoms with Crippen LogP contribution in [0.5, 0.6) is 0 Å². The molecule has 2 N–H and O–H groups in total. The van der Waals surface area contributed by atoms with E-state index in [2.05, 4.69) is 10.0 Å². The lowest BCUT2D eigenvalue weighted by Crippen LogP contribution is -2.55. The predicted molar refractivity (Wildman–Crippen MR) is 158 cm³/mol. The van der Waals surface area contributed by atoms with E-state index in [-0.39, 0.29) is 43.6 Å². The quantitative estimate of drug-likeness (QED) is 0.391. The van der Waals surface area contributed by atoms with Crippen molar-refractivity contribution >= 4 is 85.5 Å². The van der Waals surface area contributed by atoms with E-state index >= 15 is 0 Å². The molecule has 3 aromatic carbocycles. The van der Waals surface area contributed by atoms with Gasteiger partial charge in [-0.15, -0.1) is 0 Å². The van der Waals surface area contributed by atoms with Crippen LogP contribution >= 0.6 is 46.4 Å². The fourth-order valence-electron chi connectivity index (χ4n) is 7.13. The first-order valence-corrected chi connectivity index (χ1v) is 15.9. The van der Waals surface area contributed by atoms with Crippen molar-refractivity contribution in [3.63, 3.8) is 0 Å². The van der Waals surface area contributed by atoms with E-state index in [1.807, 2.05) is 0 Å². The van der Waals surface area contributed by atoms with E-state index in [0.29, 0.717) is 11.3 Å². The highest BCUT2D eigenvalue weighted by atomic mass is 35.5. The SMILES string of the molecule is O=C1C2C3C[C@H](NS(=O)(=O)c4ccccc4)CN3C3(C(=O)Nc4c(Cl)cc(Cl)cc43)C2C(=O)N1c1cc(Cl)cc(Cl)c1. The lowest BCUT2D eigenvalue weighted by atomic mass is 9.75. The van der Waals surface area contributed by atoms with Crippen LogP contribution in [0.2, 0.25) is 20.1 Å². The first kappa shape index (κ1) is 28.1. The molecule has 4 aliphatic heterocycles. The van der Waals surface area contributed by atoms with Gasteiger partial charge in [0, 0.05) is 39.3 Å². The van der Waals surface area contributed by atoms with Crippen molar-refractivity contribution < 1.29 is 22.8 Å². The Labute approximate surface area is 260 Å². The molecule has 5 atom stereocenters. The Kier molecular flexibility index (Phi) is 6.46. The average molecular weight is 666 g/mol. The fourth-order valence-corrected chi connectivity index (χ4v) is 9.45. The number of amides is 3. The smallest absolute Gasteiger partial charge is 0.250 e. The lowest BCUT2D eigenvalue weighted by Gasteiger charge is -2.37. The van der Waals surface area contributed by atoms with Crippen molar-refractivity contribution in [1.29, 1.82) is 0 Å². The molecule has 1 spiro atoms. The average Bonchev–Trinajstić information content (AvgIpc) is 3.60. The molecule has 3 aromatic rings. The van der Waals surface area contributed by atoms with Crippen LogP contribution in [0.4, 0.5) is 11.4 Å². The van der Waals surface area contributed by atoms with E-state index in [1.165, 1.54) is 36.4 Å². The molecule has 3 saturated heterocycles. The number of hydrogen-bond donors (Lipinski definition) is 2. The van der Waals surface area contributed by atoms with Crippen molar-refractivity contribution in [1.82, 2.24) is 9.62 Å². The van der Waals surface area contributed by atoms with Crippen molar-refractivity contribution in [3.05, 3.63) is 86.3 Å². The number of nitrogens with one attached hydrogen (secondary N) is 2. The number of imide groups is 1. The number of anilines is 2. The van der Waals surface area contributed by atoms with Gasteiger partial charge in [-0.25, -0.2) is 18.0 Å². The van der Waals surface area contributed by atoms with Crippen LogP contribution in [0.15, 0.2) is 65.6 Å². The van der Waals surface area contributed by atoms with Gasteiger partial charge in [-0.2, -0.15) is 0 Å². The number of halogens is 4. The largest absolute Gasteiger partial charge is 0.323 e. The maximum Gasteiger partial charge on any atom is 0.250 e. The van der Waals surface area contributed by atoms with Gasteiger partial charge in [0.05, 0.1) is 33.1 Å². The summed E-state index contributed by atoms with van der Waals surface area (Å²) in [5.74, 6) is -3.79. The van der Waals surface area contributed by atoms with Crippen LogP contribution in [0, 0.1) is 11.8 Å². The summed E-state index contributed by atoms with van der Waals surface area (Å²) in [5.41, 5.74) is -0.833. The Balaban J connectivity index is 1.36. The second kappa shape index (κ2) is 9.65. The Bertz CT molecular complexity index is 1800. The first-order valence-electron chi connectivity index (χ1n) is 12.9. The van der Waals surface area contributed by atoms with Gasteiger partial charge >= 0.3 is 0 Å². The summed E-state index contributed by atoms with van der Waals surface area (Å²) < 4.78 is 29.2. The maximum absolute atomic E-state index is 14.3. The molecule has 4 aliphatic rings. The molecule has 216 valence electrons. The third-order valence-electron chi connectivity index (χ3n) is 8.54. The van der Waals surface area contributed by atoms with Crippen molar-refractivity contribution in [2.45, 2.75) is 28.9 Å². The minimum atomic E-state index is -3.92. The summed E-state index contributed by atoms with van der Waals surface area (Å²) in [6.45, 7) is 0.0598. The molecule has 42 heavy (non-hydrogen) atoms. The van der Waals surface area contributed by atoms with E-state index < -0.39 is 57.2 Å². The van der Waals surface area contributed by atoms with Crippen LogP contribution < -0.4 is 14.9 Å². The molecule has 4 unspecified atom stereocenters. The Hall–Kier alpha value is -2.70. The second-order valence-electron chi connectivity index (χ2n) is 10.8. The minimum Gasteiger partial charge on any atom is -0.323 e. The topological polar surface area (TPSA) is 116 Å². The van der Waals surface area contributed by atoms with Crippen molar-refractivity contribution in [2.24, 2.45) is 11.8 Å². The second-order valence-corrected chi connectivity index (χ2v) is 14.2. The summed E-state index contributed by atoms with van der Waals surface area (Å²) in [7, 11) is -3.92. The summed E-state index contributed by atoms with van der Waals surface area (Å²) >= 11 is 25.3. The molecule has 0 radical (unpaired) electrons. The van der Waals surface area contributed by atoms with E-state index in [4.69, 9.17) is 46.4 Å². The zero-order valence-electron chi connectivity index (χ0n) is 21.4. The van der Waals surface area contributed by atoms with E-state index in [9.17, 15) is 22.8 Å². The van der Waals surface area contributed by atoms with Gasteiger partial charge in [-0.05, 0) is 48.9 Å². The molecule has 4 heterocycles. The number of nitrogens with zero attached hydrogens (tertiary/aromatic N) is 2. The molecule has 7 rings (SSSR count). The molecule has 14 heteroatoms. The Morgan fingerprint density at radius 1 is 0.881 bits per heavy atom. The fraction of sp³-hybridized carbons (Fsp3) is 0.250. The number of benzene rings is 3. The lowest BCUT2D eigenvalue weighted by molar-refractivity contribution is -0.135. The minimum absolute atomic E-state index is 0.0598. The molecule has 9 nitrogen and oxygen atoms in total. The zero-order valence-corrected chi connectivity index (χ0v) is 25.2. The number of carbonyl (C=O) groups is 3. The van der Waals surface area contributed by atoms with Gasteiger partial charge in [0.15, 0.2) is 0 Å². The van der Waals surface area contributed by atoms with Gasteiger partial charge in [0.1, 0.15) is 5.54 Å². The number of rotatable bonds is 4. The van der Waals surface area contributed by atoms with E-state index in [1.54, 1.807) is 29.2 Å². The normalized spacial score (nSPS) is 28.4. The van der Waals surface area contributed by atoms with Crippen LogP contribution in [-0.4, -0.2) is 49.7 Å². The molecular weight excluding hydrogens is 646 g/mol. The molecule has 3 amide bonds. The number of sulfonamides is 1. The number of fused-ring (bicyclic) bond motifs is 7. The van der Waals surface area contributed by atoms with Crippen molar-refractivity contribution in [3.8, 4) is 0 Å². The number of carbonyl (C=O) groups excluding carboxylic acids is 3. The van der Waals surface area contributed by atoms with Gasteiger partial charge in [-0.3, -0.25) is 19.3 Å². The summed E-state index contributed by atoms with van der Waals surface area (Å²) in [6, 6.07) is 14.0. The van der Waals surface area contributed by atoms with Crippen LogP contribution in [0.25, 0.3) is 0 Å². The van der Waals surface area contributed by atoms with E-state index in [0.717, 1.165) is 4.90 Å². The van der Waals surface area contributed by atoms with Gasteiger partial charge in [-0.1, -0.05) is 64.6 Å². The van der Waals surface area contributed by atoms with Gasteiger partial charge in [0.25, 0.3) is 5.91 Å². The standard InChI is InChI=1S/C28H20Cl4N4O5S/c29-13-6-14(30)8-17(7-13)36-25(37)22-21-11-16(34-42(40,41)18-4-2-1-3-5-18)12-35(21)28(23(22)26(36)38)19-9-15(31)10-20(32)24(19)33-27(28)39/h1-10,16,21-23,34H,11-12H2,(H,33,39)/t16-,21?,22?,23?,28?/m0/s1.